The van der Waals surface area contributed by atoms with Gasteiger partial charge in [-0.15, -0.1) is 0 Å². The van der Waals surface area contributed by atoms with E-state index in [1.54, 1.807) is 0 Å². The van der Waals surface area contributed by atoms with E-state index >= 15 is 0 Å². The lowest BCUT2D eigenvalue weighted by Gasteiger charge is -2.29. The summed E-state index contributed by atoms with van der Waals surface area (Å²) in [4.78, 5) is 3.98. The molecule has 1 fully saturated rings. The van der Waals surface area contributed by atoms with E-state index in [2.05, 4.69) is 53.6 Å². The fourth-order valence-corrected chi connectivity index (χ4v) is 4.46. The van der Waals surface area contributed by atoms with Crippen LogP contribution >= 0.6 is 23.8 Å². The first-order valence-electron chi connectivity index (χ1n) is 9.69. The zero-order valence-electron chi connectivity index (χ0n) is 15.4. The molecule has 0 unspecified atom stereocenters. The summed E-state index contributed by atoms with van der Waals surface area (Å²) >= 11 is 11.1. The van der Waals surface area contributed by atoms with Gasteiger partial charge in [0, 0.05) is 5.56 Å². The Morgan fingerprint density at radius 2 is 1.81 bits per heavy atom. The molecule has 1 aliphatic carbocycles. The van der Waals surface area contributed by atoms with Crippen LogP contribution in [0.2, 0.25) is 5.02 Å². The maximum Gasteiger partial charge on any atom is 0.0754 e. The first-order valence-corrected chi connectivity index (χ1v) is 10.5. The molecule has 0 heterocycles. The Morgan fingerprint density at radius 1 is 1.08 bits per heavy atom. The minimum atomic E-state index is 0.695. The van der Waals surface area contributed by atoms with Gasteiger partial charge in [0.05, 0.1) is 15.9 Å². The number of unbranched alkanes of at least 4 members (excludes halogenated alkanes) is 1. The van der Waals surface area contributed by atoms with Crippen molar-refractivity contribution in [3.63, 3.8) is 0 Å². The zero-order chi connectivity index (χ0) is 18.4. The normalized spacial score (nSPS) is 19.8. The molecule has 0 bridgehead atoms. The van der Waals surface area contributed by atoms with Crippen molar-refractivity contribution in [2.75, 3.05) is 0 Å². The molecule has 2 aromatic carbocycles. The van der Waals surface area contributed by atoms with Crippen LogP contribution in [0.5, 0.6) is 0 Å². The van der Waals surface area contributed by atoms with E-state index in [-0.39, 0.29) is 0 Å². The predicted octanol–water partition coefficient (Wildman–Crippen LogP) is 8.21. The van der Waals surface area contributed by atoms with Crippen molar-refractivity contribution in [1.29, 1.82) is 0 Å². The third-order valence-electron chi connectivity index (χ3n) is 5.63. The van der Waals surface area contributed by atoms with Gasteiger partial charge in [0.1, 0.15) is 0 Å². The van der Waals surface area contributed by atoms with E-state index in [0.717, 1.165) is 28.7 Å². The predicted molar refractivity (Wildman–Crippen MR) is 116 cm³/mol. The van der Waals surface area contributed by atoms with Crippen molar-refractivity contribution < 1.29 is 0 Å². The van der Waals surface area contributed by atoms with Crippen LogP contribution < -0.4 is 0 Å². The molecule has 0 radical (unpaired) electrons. The number of thiocarbonyl (C=S) groups is 1. The topological polar surface area (TPSA) is 12.4 Å². The average molecular weight is 384 g/mol. The molecular weight excluding hydrogens is 358 g/mol. The lowest BCUT2D eigenvalue weighted by atomic mass is 9.77. The maximum atomic E-state index is 6.42. The smallest absolute Gasteiger partial charge is 0.0754 e. The monoisotopic (exact) mass is 383 g/mol. The Labute approximate surface area is 167 Å². The van der Waals surface area contributed by atoms with Crippen LogP contribution in [0.3, 0.4) is 0 Å². The van der Waals surface area contributed by atoms with Crippen molar-refractivity contribution in [3.05, 3.63) is 53.1 Å². The second-order valence-electron chi connectivity index (χ2n) is 7.35. The van der Waals surface area contributed by atoms with Crippen LogP contribution in [0.25, 0.3) is 11.1 Å². The lowest BCUT2D eigenvalue weighted by Crippen LogP contribution is -2.13. The van der Waals surface area contributed by atoms with Gasteiger partial charge >= 0.3 is 0 Å². The minimum absolute atomic E-state index is 0.695. The molecule has 0 saturated heterocycles. The molecule has 0 aromatic heterocycles. The number of aliphatic imine (C=N–C) groups is 1. The number of hydrogen-bond donors (Lipinski definition) is 0. The van der Waals surface area contributed by atoms with E-state index in [0.29, 0.717) is 5.02 Å². The van der Waals surface area contributed by atoms with E-state index < -0.39 is 0 Å². The van der Waals surface area contributed by atoms with Gasteiger partial charge in [-0.3, -0.25) is 0 Å². The number of benzene rings is 2. The lowest BCUT2D eigenvalue weighted by molar-refractivity contribution is 0.304. The van der Waals surface area contributed by atoms with Crippen molar-refractivity contribution in [3.8, 4) is 11.1 Å². The molecular formula is C23H26ClNS. The number of nitrogens with zero attached hydrogens (tertiary/aromatic N) is 1. The first-order chi connectivity index (χ1) is 12.7. The van der Waals surface area contributed by atoms with Gasteiger partial charge < -0.3 is 0 Å². The maximum absolute atomic E-state index is 6.42. The molecule has 0 atom stereocenters. The van der Waals surface area contributed by atoms with Gasteiger partial charge in [-0.1, -0.05) is 68.1 Å². The second-order valence-corrected chi connectivity index (χ2v) is 7.94. The van der Waals surface area contributed by atoms with Crippen molar-refractivity contribution in [2.24, 2.45) is 10.9 Å². The van der Waals surface area contributed by atoms with Crippen molar-refractivity contribution in [1.82, 2.24) is 0 Å². The molecule has 0 amide bonds. The van der Waals surface area contributed by atoms with Gasteiger partial charge in [-0.05, 0) is 73.0 Å². The third kappa shape index (κ3) is 4.82. The Bertz CT molecular complexity index is 769. The Balaban J connectivity index is 1.67. The highest BCUT2D eigenvalue weighted by Crippen LogP contribution is 2.39. The zero-order valence-corrected chi connectivity index (χ0v) is 17.0. The summed E-state index contributed by atoms with van der Waals surface area (Å²) in [5.74, 6) is 1.68. The SMILES string of the molecule is CCCCC1CCC(c2ccc(-c3ccc(N=C=S)cc3Cl)cc2)CC1. The fourth-order valence-electron chi connectivity index (χ4n) is 4.07. The molecule has 1 saturated carbocycles. The van der Waals surface area contributed by atoms with E-state index in [1.807, 2.05) is 18.2 Å². The number of isothiocyanates is 1. The summed E-state index contributed by atoms with van der Waals surface area (Å²) in [5.41, 5.74) is 4.39. The standard InChI is InChI=1S/C23H26ClNS/c1-2-3-4-17-5-7-18(8-6-17)19-9-11-20(12-10-19)22-14-13-21(25-16-26)15-23(22)24/h9-15,17-18H,2-8H2,1H3. The number of rotatable bonds is 6. The molecule has 1 aliphatic rings. The second kappa shape index (κ2) is 9.46. The third-order valence-corrected chi connectivity index (χ3v) is 6.04. The van der Waals surface area contributed by atoms with Crippen LogP contribution in [-0.2, 0) is 0 Å². The minimum Gasteiger partial charge on any atom is -0.195 e. The largest absolute Gasteiger partial charge is 0.195 e. The molecule has 0 spiro atoms. The molecule has 3 rings (SSSR count). The molecule has 136 valence electrons. The summed E-state index contributed by atoms with van der Waals surface area (Å²) in [7, 11) is 0. The van der Waals surface area contributed by atoms with Crippen LogP contribution in [0.1, 0.15) is 63.4 Å². The molecule has 3 heteroatoms. The highest BCUT2D eigenvalue weighted by molar-refractivity contribution is 7.78. The van der Waals surface area contributed by atoms with Crippen molar-refractivity contribution in [2.45, 2.75) is 57.8 Å². The molecule has 2 aromatic rings. The van der Waals surface area contributed by atoms with Crippen molar-refractivity contribution >= 4 is 34.7 Å². The Morgan fingerprint density at radius 3 is 2.42 bits per heavy atom. The molecule has 0 N–H and O–H groups in total. The first kappa shape index (κ1) is 19.3. The van der Waals surface area contributed by atoms with Gasteiger partial charge in [-0.25, -0.2) is 0 Å². The van der Waals surface area contributed by atoms with Crippen LogP contribution in [-0.4, -0.2) is 5.16 Å². The van der Waals surface area contributed by atoms with Gasteiger partial charge in [0.15, 0.2) is 0 Å². The van der Waals surface area contributed by atoms with Crippen LogP contribution in [0, 0.1) is 5.92 Å². The average Bonchev–Trinajstić information content (AvgIpc) is 2.67. The van der Waals surface area contributed by atoms with E-state index in [1.165, 1.54) is 50.5 Å². The molecule has 1 nitrogen and oxygen atoms in total. The van der Waals surface area contributed by atoms with Gasteiger partial charge in [0.25, 0.3) is 0 Å². The quantitative estimate of drug-likeness (QED) is 0.361. The van der Waals surface area contributed by atoms with Crippen LogP contribution in [0.4, 0.5) is 5.69 Å². The summed E-state index contributed by atoms with van der Waals surface area (Å²) in [6, 6.07) is 14.7. The molecule has 0 aliphatic heterocycles. The molecule has 26 heavy (non-hydrogen) atoms. The van der Waals surface area contributed by atoms with E-state index in [4.69, 9.17) is 11.6 Å². The van der Waals surface area contributed by atoms with Gasteiger partial charge in [-0.2, -0.15) is 4.99 Å². The summed E-state index contributed by atoms with van der Waals surface area (Å²) in [5, 5.41) is 3.07. The number of halogens is 1. The Kier molecular flexibility index (Phi) is 7.02. The Hall–Kier alpha value is -1.47. The fraction of sp³-hybridized carbons (Fsp3) is 0.435. The summed E-state index contributed by atoms with van der Waals surface area (Å²) in [6.45, 7) is 2.29. The van der Waals surface area contributed by atoms with Crippen LogP contribution in [0.15, 0.2) is 47.5 Å². The van der Waals surface area contributed by atoms with Gasteiger partial charge in [0.2, 0.25) is 0 Å². The summed E-state index contributed by atoms with van der Waals surface area (Å²) in [6.07, 6.45) is 9.57. The highest BCUT2D eigenvalue weighted by atomic mass is 35.5. The number of hydrogen-bond acceptors (Lipinski definition) is 2. The highest BCUT2D eigenvalue weighted by Gasteiger charge is 2.22. The summed E-state index contributed by atoms with van der Waals surface area (Å²) < 4.78 is 0. The van der Waals surface area contributed by atoms with E-state index in [9.17, 15) is 0 Å².